The number of ether oxygens (including phenoxy) is 1. The molecule has 0 N–H and O–H groups in total. The average molecular weight is 329 g/mol. The number of aromatic nitrogens is 5. The van der Waals surface area contributed by atoms with E-state index in [0.717, 1.165) is 37.7 Å². The number of fused-ring (bicyclic) bond motifs is 1. The number of benzene rings is 1. The SMILES string of the molecule is COc1cc(F)ccc1N1CCN(c2ccc3nnnn3n2)CC1. The van der Waals surface area contributed by atoms with Gasteiger partial charge < -0.3 is 14.5 Å². The van der Waals surface area contributed by atoms with E-state index in [1.807, 2.05) is 12.1 Å². The van der Waals surface area contributed by atoms with Crippen LogP contribution in [0.1, 0.15) is 0 Å². The summed E-state index contributed by atoms with van der Waals surface area (Å²) in [6, 6.07) is 8.39. The van der Waals surface area contributed by atoms with Crippen LogP contribution in [0.25, 0.3) is 5.65 Å². The molecule has 3 heterocycles. The van der Waals surface area contributed by atoms with Crippen LogP contribution >= 0.6 is 0 Å². The molecule has 1 aliphatic rings. The fraction of sp³-hybridized carbons (Fsp3) is 0.333. The van der Waals surface area contributed by atoms with Gasteiger partial charge in [0.25, 0.3) is 0 Å². The Morgan fingerprint density at radius 3 is 2.62 bits per heavy atom. The molecule has 9 heteroatoms. The number of tetrazole rings is 1. The van der Waals surface area contributed by atoms with Gasteiger partial charge in [0.05, 0.1) is 12.8 Å². The molecule has 0 bridgehead atoms. The molecule has 1 saturated heterocycles. The highest BCUT2D eigenvalue weighted by Crippen LogP contribution is 2.30. The van der Waals surface area contributed by atoms with Crippen LogP contribution in [0.5, 0.6) is 5.75 Å². The molecule has 1 aromatic carbocycles. The summed E-state index contributed by atoms with van der Waals surface area (Å²) in [5, 5.41) is 15.7. The Labute approximate surface area is 137 Å². The number of halogens is 1. The van der Waals surface area contributed by atoms with Gasteiger partial charge >= 0.3 is 0 Å². The Hall–Kier alpha value is -2.97. The smallest absolute Gasteiger partial charge is 0.200 e. The number of methoxy groups -OCH3 is 1. The molecule has 0 unspecified atom stereocenters. The van der Waals surface area contributed by atoms with Crippen LogP contribution in [0.15, 0.2) is 30.3 Å². The lowest BCUT2D eigenvalue weighted by Crippen LogP contribution is -2.47. The number of nitrogens with zero attached hydrogens (tertiary/aromatic N) is 7. The van der Waals surface area contributed by atoms with Gasteiger partial charge in [0.1, 0.15) is 11.6 Å². The quantitative estimate of drug-likeness (QED) is 0.709. The predicted molar refractivity (Wildman–Crippen MR) is 86.0 cm³/mol. The van der Waals surface area contributed by atoms with E-state index in [0.29, 0.717) is 11.4 Å². The molecule has 4 rings (SSSR count). The normalized spacial score (nSPS) is 15.1. The molecule has 0 amide bonds. The number of hydrogen-bond donors (Lipinski definition) is 0. The zero-order valence-electron chi connectivity index (χ0n) is 13.1. The van der Waals surface area contributed by atoms with E-state index in [1.54, 1.807) is 13.2 Å². The third-order valence-corrected chi connectivity index (χ3v) is 4.14. The van der Waals surface area contributed by atoms with Gasteiger partial charge in [-0.25, -0.2) is 4.39 Å². The van der Waals surface area contributed by atoms with Crippen molar-refractivity contribution in [3.05, 3.63) is 36.1 Å². The van der Waals surface area contributed by atoms with Gasteiger partial charge in [0.2, 0.25) is 0 Å². The van der Waals surface area contributed by atoms with Crippen LogP contribution in [0.2, 0.25) is 0 Å². The first-order valence-electron chi connectivity index (χ1n) is 7.63. The summed E-state index contributed by atoms with van der Waals surface area (Å²) >= 11 is 0. The van der Waals surface area contributed by atoms with E-state index in [-0.39, 0.29) is 5.82 Å². The van der Waals surface area contributed by atoms with Gasteiger partial charge in [0, 0.05) is 32.2 Å². The average Bonchev–Trinajstić information content (AvgIpc) is 3.09. The summed E-state index contributed by atoms with van der Waals surface area (Å²) in [7, 11) is 1.56. The summed E-state index contributed by atoms with van der Waals surface area (Å²) in [6.45, 7) is 3.16. The van der Waals surface area contributed by atoms with E-state index < -0.39 is 0 Å². The molecule has 0 aliphatic carbocycles. The van der Waals surface area contributed by atoms with Crippen LogP contribution in [0.4, 0.5) is 15.9 Å². The maximum atomic E-state index is 13.4. The molecule has 0 spiro atoms. The molecule has 1 aliphatic heterocycles. The molecular weight excluding hydrogens is 313 g/mol. The summed E-state index contributed by atoms with van der Waals surface area (Å²) in [5.74, 6) is 1.09. The first-order valence-corrected chi connectivity index (χ1v) is 7.63. The zero-order valence-corrected chi connectivity index (χ0v) is 13.1. The second kappa shape index (κ2) is 5.91. The topological polar surface area (TPSA) is 71.7 Å². The van der Waals surface area contributed by atoms with Crippen molar-refractivity contribution in [3.63, 3.8) is 0 Å². The van der Waals surface area contributed by atoms with E-state index in [1.165, 1.54) is 16.8 Å². The first kappa shape index (κ1) is 14.6. The zero-order chi connectivity index (χ0) is 16.5. The van der Waals surface area contributed by atoms with Crippen LogP contribution < -0.4 is 14.5 Å². The van der Waals surface area contributed by atoms with Crippen molar-refractivity contribution in [1.82, 2.24) is 25.3 Å². The molecule has 124 valence electrons. The molecule has 0 radical (unpaired) electrons. The van der Waals surface area contributed by atoms with Crippen molar-refractivity contribution >= 4 is 17.2 Å². The Morgan fingerprint density at radius 2 is 1.83 bits per heavy atom. The number of hydrogen-bond acceptors (Lipinski definition) is 7. The maximum absolute atomic E-state index is 13.4. The predicted octanol–water partition coefficient (Wildman–Crippen LogP) is 0.994. The van der Waals surface area contributed by atoms with Crippen LogP contribution in [-0.4, -0.2) is 58.5 Å². The Kier molecular flexibility index (Phi) is 3.60. The number of rotatable bonds is 3. The lowest BCUT2D eigenvalue weighted by atomic mass is 10.2. The molecule has 0 saturated carbocycles. The minimum absolute atomic E-state index is 0.298. The van der Waals surface area contributed by atoms with Crippen LogP contribution in [0.3, 0.4) is 0 Å². The molecule has 1 fully saturated rings. The highest BCUT2D eigenvalue weighted by atomic mass is 19.1. The number of anilines is 2. The lowest BCUT2D eigenvalue weighted by molar-refractivity contribution is 0.410. The fourth-order valence-corrected chi connectivity index (χ4v) is 2.90. The van der Waals surface area contributed by atoms with Crippen LogP contribution in [0, 0.1) is 5.82 Å². The van der Waals surface area contributed by atoms with Crippen molar-refractivity contribution in [2.24, 2.45) is 0 Å². The van der Waals surface area contributed by atoms with Gasteiger partial charge in [-0.05, 0) is 34.7 Å². The molecule has 8 nitrogen and oxygen atoms in total. The molecule has 24 heavy (non-hydrogen) atoms. The molecule has 2 aromatic heterocycles. The summed E-state index contributed by atoms with van der Waals surface area (Å²) in [4.78, 5) is 4.36. The minimum Gasteiger partial charge on any atom is -0.494 e. The lowest BCUT2D eigenvalue weighted by Gasteiger charge is -2.37. The van der Waals surface area contributed by atoms with Crippen molar-refractivity contribution in [3.8, 4) is 5.75 Å². The summed E-state index contributed by atoms with van der Waals surface area (Å²) in [6.07, 6.45) is 0. The van der Waals surface area contributed by atoms with Crippen molar-refractivity contribution in [2.45, 2.75) is 0 Å². The Morgan fingerprint density at radius 1 is 1.04 bits per heavy atom. The third kappa shape index (κ3) is 2.57. The summed E-state index contributed by atoms with van der Waals surface area (Å²) in [5.41, 5.74) is 1.52. The van der Waals surface area contributed by atoms with Gasteiger partial charge in [-0.15, -0.1) is 14.8 Å². The van der Waals surface area contributed by atoms with Gasteiger partial charge in [-0.3, -0.25) is 0 Å². The van der Waals surface area contributed by atoms with Gasteiger partial charge in [-0.1, -0.05) is 0 Å². The van der Waals surface area contributed by atoms with Crippen molar-refractivity contribution in [1.29, 1.82) is 0 Å². The van der Waals surface area contributed by atoms with E-state index in [9.17, 15) is 4.39 Å². The first-order chi connectivity index (χ1) is 11.7. The molecule has 3 aromatic rings. The van der Waals surface area contributed by atoms with Crippen molar-refractivity contribution < 1.29 is 9.13 Å². The van der Waals surface area contributed by atoms with Gasteiger partial charge in [0.15, 0.2) is 11.5 Å². The second-order valence-electron chi connectivity index (χ2n) is 5.51. The highest BCUT2D eigenvalue weighted by Gasteiger charge is 2.21. The Bertz CT molecular complexity index is 860. The second-order valence-corrected chi connectivity index (χ2v) is 5.51. The number of piperazine rings is 1. The standard InChI is InChI=1S/C15H16FN7O/c1-24-13-10-11(16)2-3-12(13)21-6-8-22(9-7-21)15-5-4-14-17-19-20-23(14)18-15/h2-5,10H,6-9H2,1H3. The maximum Gasteiger partial charge on any atom is 0.200 e. The van der Waals surface area contributed by atoms with Crippen LogP contribution in [-0.2, 0) is 0 Å². The fourth-order valence-electron chi connectivity index (χ4n) is 2.90. The van der Waals surface area contributed by atoms with E-state index in [2.05, 4.69) is 30.4 Å². The van der Waals surface area contributed by atoms with E-state index in [4.69, 9.17) is 4.74 Å². The Balaban J connectivity index is 1.50. The van der Waals surface area contributed by atoms with Gasteiger partial charge in [-0.2, -0.15) is 0 Å². The molecule has 0 atom stereocenters. The molecular formula is C15H16FN7O. The van der Waals surface area contributed by atoms with E-state index >= 15 is 0 Å². The summed E-state index contributed by atoms with van der Waals surface area (Å²) < 4.78 is 20.1. The highest BCUT2D eigenvalue weighted by molar-refractivity contribution is 5.60. The largest absolute Gasteiger partial charge is 0.494 e. The van der Waals surface area contributed by atoms with Crippen molar-refractivity contribution in [2.75, 3.05) is 43.1 Å². The monoisotopic (exact) mass is 329 g/mol. The minimum atomic E-state index is -0.298. The third-order valence-electron chi connectivity index (χ3n) is 4.14.